The van der Waals surface area contributed by atoms with Gasteiger partial charge in [-0.1, -0.05) is 12.1 Å². The smallest absolute Gasteiger partial charge is 0.407 e. The van der Waals surface area contributed by atoms with Crippen LogP contribution in [0.15, 0.2) is 24.3 Å². The van der Waals surface area contributed by atoms with E-state index in [0.717, 1.165) is 44.6 Å². The molecule has 0 saturated carbocycles. The lowest BCUT2D eigenvalue weighted by Crippen LogP contribution is -2.35. The number of piperidine rings is 1. The highest BCUT2D eigenvalue weighted by Gasteiger charge is 2.20. The second kappa shape index (κ2) is 11.0. The second-order valence-electron chi connectivity index (χ2n) is 8.55. The zero-order chi connectivity index (χ0) is 21.3. The van der Waals surface area contributed by atoms with Gasteiger partial charge in [-0.2, -0.15) is 0 Å². The fraction of sp³-hybridized carbons (Fsp3) is 0.636. The summed E-state index contributed by atoms with van der Waals surface area (Å²) >= 11 is 0. The monoisotopic (exact) mass is 405 g/mol. The van der Waals surface area contributed by atoms with Crippen molar-refractivity contribution in [2.75, 3.05) is 33.3 Å². The molecule has 0 radical (unpaired) electrons. The van der Waals surface area contributed by atoms with Gasteiger partial charge in [0.1, 0.15) is 11.4 Å². The molecule has 1 aliphatic rings. The van der Waals surface area contributed by atoms with E-state index in [2.05, 4.69) is 54.5 Å². The van der Waals surface area contributed by atoms with E-state index in [9.17, 15) is 9.59 Å². The van der Waals surface area contributed by atoms with Crippen LogP contribution in [0.3, 0.4) is 0 Å². The van der Waals surface area contributed by atoms with Crippen LogP contribution in [0.4, 0.5) is 4.79 Å². The molecule has 2 amide bonds. The van der Waals surface area contributed by atoms with E-state index < -0.39 is 6.09 Å². The second-order valence-corrected chi connectivity index (χ2v) is 8.55. The third-order valence-electron chi connectivity index (χ3n) is 4.87. The van der Waals surface area contributed by atoms with E-state index in [1.807, 2.05) is 6.07 Å². The zero-order valence-corrected chi connectivity index (χ0v) is 18.1. The highest BCUT2D eigenvalue weighted by molar-refractivity contribution is 5.79. The summed E-state index contributed by atoms with van der Waals surface area (Å²) in [6, 6.07) is 8.34. The summed E-state index contributed by atoms with van der Waals surface area (Å²) in [7, 11) is 1.51. The Labute approximate surface area is 174 Å². The van der Waals surface area contributed by atoms with Crippen LogP contribution in [-0.4, -0.2) is 55.8 Å². The average molecular weight is 406 g/mol. The van der Waals surface area contributed by atoms with E-state index in [1.165, 1.54) is 12.6 Å². The van der Waals surface area contributed by atoms with Gasteiger partial charge >= 0.3 is 6.09 Å². The maximum atomic E-state index is 11.5. The minimum Gasteiger partial charge on any atom is -0.488 e. The molecule has 0 bridgehead atoms. The Morgan fingerprint density at radius 1 is 1.21 bits per heavy atom. The molecule has 1 fully saturated rings. The van der Waals surface area contributed by atoms with Crippen molar-refractivity contribution in [3.63, 3.8) is 0 Å². The van der Waals surface area contributed by atoms with Gasteiger partial charge in [0.05, 0.1) is 0 Å². The number of nitrogens with one attached hydrogen (secondary N) is 2. The summed E-state index contributed by atoms with van der Waals surface area (Å²) in [6.45, 7) is 9.53. The van der Waals surface area contributed by atoms with Crippen molar-refractivity contribution in [2.24, 2.45) is 5.92 Å². The Balaban J connectivity index is 1.66. The molecule has 29 heavy (non-hydrogen) atoms. The highest BCUT2D eigenvalue weighted by atomic mass is 16.6. The molecule has 0 aromatic heterocycles. The van der Waals surface area contributed by atoms with Crippen LogP contribution in [0.1, 0.15) is 45.6 Å². The molecule has 1 aliphatic heterocycles. The lowest BCUT2D eigenvalue weighted by molar-refractivity contribution is -0.123. The van der Waals surface area contributed by atoms with Gasteiger partial charge in [-0.15, -0.1) is 0 Å². The number of benzene rings is 1. The van der Waals surface area contributed by atoms with Crippen LogP contribution in [-0.2, 0) is 16.1 Å². The number of hydrogen-bond acceptors (Lipinski definition) is 5. The first-order chi connectivity index (χ1) is 13.7. The summed E-state index contributed by atoms with van der Waals surface area (Å²) < 4.78 is 10.8. The molecule has 1 aromatic carbocycles. The van der Waals surface area contributed by atoms with Crippen molar-refractivity contribution < 1.29 is 19.1 Å². The van der Waals surface area contributed by atoms with Crippen molar-refractivity contribution in [2.45, 2.75) is 52.2 Å². The van der Waals surface area contributed by atoms with Crippen LogP contribution in [0, 0.1) is 5.92 Å². The van der Waals surface area contributed by atoms with Gasteiger partial charge in [0.15, 0.2) is 6.61 Å². The van der Waals surface area contributed by atoms with Gasteiger partial charge in [-0.05, 0) is 76.7 Å². The molecule has 0 unspecified atom stereocenters. The Morgan fingerprint density at radius 3 is 2.59 bits per heavy atom. The number of likely N-dealkylation sites (tertiary alicyclic amines) is 1. The SMILES string of the molecule is CNC(=O)COC(=O)NCCC1CCN(Cc2cccc(OC(C)(C)C)c2)CC1. The number of likely N-dealkylation sites (N-methyl/N-ethyl adjacent to an activating group) is 1. The van der Waals surface area contributed by atoms with Crippen molar-refractivity contribution in [1.82, 2.24) is 15.5 Å². The molecule has 0 atom stereocenters. The van der Waals surface area contributed by atoms with E-state index in [1.54, 1.807) is 0 Å². The summed E-state index contributed by atoms with van der Waals surface area (Å²) in [5, 5.41) is 5.12. The van der Waals surface area contributed by atoms with E-state index >= 15 is 0 Å². The first-order valence-electron chi connectivity index (χ1n) is 10.4. The fourth-order valence-electron chi connectivity index (χ4n) is 3.38. The van der Waals surface area contributed by atoms with Gasteiger partial charge in [-0.25, -0.2) is 4.79 Å². The predicted octanol–water partition coefficient (Wildman–Crippen LogP) is 2.94. The molecule has 1 aromatic rings. The maximum absolute atomic E-state index is 11.5. The standard InChI is InChI=1S/C22H35N3O4/c1-22(2,3)29-19-7-5-6-18(14-19)15-25-12-9-17(10-13-25)8-11-24-21(27)28-16-20(26)23-4/h5-7,14,17H,8-13,15-16H2,1-4H3,(H,23,26)(H,24,27). The van der Waals surface area contributed by atoms with Gasteiger partial charge in [0, 0.05) is 20.1 Å². The van der Waals surface area contributed by atoms with Gasteiger partial charge in [0.2, 0.25) is 0 Å². The lowest BCUT2D eigenvalue weighted by Gasteiger charge is -2.32. The van der Waals surface area contributed by atoms with Crippen molar-refractivity contribution in [3.05, 3.63) is 29.8 Å². The topological polar surface area (TPSA) is 79.9 Å². The number of amides is 2. The molecule has 2 rings (SSSR count). The van der Waals surface area contributed by atoms with Crippen molar-refractivity contribution in [1.29, 1.82) is 0 Å². The van der Waals surface area contributed by atoms with Gasteiger partial charge in [0.25, 0.3) is 5.91 Å². The van der Waals surface area contributed by atoms with E-state index in [4.69, 9.17) is 9.47 Å². The van der Waals surface area contributed by atoms with Crippen LogP contribution in [0.2, 0.25) is 0 Å². The molecule has 7 nitrogen and oxygen atoms in total. The minimum absolute atomic E-state index is 0.195. The molecule has 162 valence electrons. The predicted molar refractivity (Wildman–Crippen MR) is 113 cm³/mol. The molecule has 2 N–H and O–H groups in total. The molecule has 1 heterocycles. The highest BCUT2D eigenvalue weighted by Crippen LogP contribution is 2.24. The summed E-state index contributed by atoms with van der Waals surface area (Å²) in [4.78, 5) is 25.1. The van der Waals surface area contributed by atoms with E-state index in [-0.39, 0.29) is 18.1 Å². The number of alkyl carbamates (subject to hydrolysis) is 1. The molecule has 0 spiro atoms. The maximum Gasteiger partial charge on any atom is 0.407 e. The number of ether oxygens (including phenoxy) is 2. The third-order valence-corrected chi connectivity index (χ3v) is 4.87. The van der Waals surface area contributed by atoms with Gasteiger partial charge < -0.3 is 20.1 Å². The largest absolute Gasteiger partial charge is 0.488 e. The first-order valence-corrected chi connectivity index (χ1v) is 10.4. The molecule has 0 aliphatic carbocycles. The number of carbonyl (C=O) groups excluding carboxylic acids is 2. The summed E-state index contributed by atoms with van der Waals surface area (Å²) in [5.41, 5.74) is 1.07. The van der Waals surface area contributed by atoms with Gasteiger partial charge in [-0.3, -0.25) is 9.69 Å². The zero-order valence-electron chi connectivity index (χ0n) is 18.1. The van der Waals surface area contributed by atoms with Crippen LogP contribution >= 0.6 is 0 Å². The summed E-state index contributed by atoms with van der Waals surface area (Å²) in [5.74, 6) is 1.20. The molecular weight excluding hydrogens is 370 g/mol. The number of carbonyl (C=O) groups is 2. The third kappa shape index (κ3) is 9.17. The first kappa shape index (κ1) is 23.0. The van der Waals surface area contributed by atoms with E-state index in [0.29, 0.717) is 12.5 Å². The molecule has 7 heteroatoms. The lowest BCUT2D eigenvalue weighted by atomic mass is 9.93. The van der Waals surface area contributed by atoms with Crippen LogP contribution in [0.25, 0.3) is 0 Å². The van der Waals surface area contributed by atoms with Crippen LogP contribution < -0.4 is 15.4 Å². The number of nitrogens with zero attached hydrogens (tertiary/aromatic N) is 1. The number of hydrogen-bond donors (Lipinski definition) is 2. The molecular formula is C22H35N3O4. The fourth-order valence-corrected chi connectivity index (χ4v) is 3.38. The Kier molecular flexibility index (Phi) is 8.76. The number of rotatable bonds is 8. The Hall–Kier alpha value is -2.28. The molecule has 1 saturated heterocycles. The normalized spacial score (nSPS) is 15.6. The summed E-state index contributed by atoms with van der Waals surface area (Å²) in [6.07, 6.45) is 2.63. The van der Waals surface area contributed by atoms with Crippen molar-refractivity contribution >= 4 is 12.0 Å². The average Bonchev–Trinajstić information content (AvgIpc) is 2.66. The Morgan fingerprint density at radius 2 is 1.93 bits per heavy atom. The Bertz CT molecular complexity index is 664. The van der Waals surface area contributed by atoms with Crippen LogP contribution in [0.5, 0.6) is 5.75 Å². The van der Waals surface area contributed by atoms with Crippen molar-refractivity contribution in [3.8, 4) is 5.75 Å². The minimum atomic E-state index is -0.539. The quantitative estimate of drug-likeness (QED) is 0.695.